The van der Waals surface area contributed by atoms with Crippen molar-refractivity contribution in [2.24, 2.45) is 11.7 Å². The van der Waals surface area contributed by atoms with Gasteiger partial charge in [-0.05, 0) is 50.0 Å². The summed E-state index contributed by atoms with van der Waals surface area (Å²) in [6.45, 7) is 7.15. The van der Waals surface area contributed by atoms with E-state index in [4.69, 9.17) is 5.73 Å². The minimum atomic E-state index is 0.571. The molecule has 0 aliphatic heterocycles. The first-order chi connectivity index (χ1) is 7.24. The molecular weight excluding hydrogens is 184 g/mol. The lowest BCUT2D eigenvalue weighted by molar-refractivity contribution is 0.524. The van der Waals surface area contributed by atoms with Gasteiger partial charge in [0, 0.05) is 0 Å². The van der Waals surface area contributed by atoms with Gasteiger partial charge in [0.15, 0.2) is 0 Å². The van der Waals surface area contributed by atoms with Crippen molar-refractivity contribution in [2.75, 3.05) is 19.6 Å². The summed E-state index contributed by atoms with van der Waals surface area (Å²) in [5.41, 5.74) is 8.37. The van der Waals surface area contributed by atoms with Crippen molar-refractivity contribution >= 4 is 0 Å². The summed E-state index contributed by atoms with van der Waals surface area (Å²) in [5.74, 6) is 0.571. The molecule has 0 spiro atoms. The second-order valence-corrected chi connectivity index (χ2v) is 4.22. The third-order valence-electron chi connectivity index (χ3n) is 2.73. The Morgan fingerprint density at radius 1 is 1.33 bits per heavy atom. The van der Waals surface area contributed by atoms with Gasteiger partial charge in [0.25, 0.3) is 0 Å². The van der Waals surface area contributed by atoms with Crippen molar-refractivity contribution in [2.45, 2.75) is 20.3 Å². The monoisotopic (exact) mass is 206 g/mol. The van der Waals surface area contributed by atoms with Crippen LogP contribution in [0.1, 0.15) is 18.1 Å². The summed E-state index contributed by atoms with van der Waals surface area (Å²) in [6.07, 6.45) is 1.10. The van der Waals surface area contributed by atoms with Crippen LogP contribution in [0.15, 0.2) is 24.3 Å². The van der Waals surface area contributed by atoms with Crippen molar-refractivity contribution in [1.29, 1.82) is 0 Å². The lowest BCUT2D eigenvalue weighted by Gasteiger charge is -2.10. The van der Waals surface area contributed by atoms with Gasteiger partial charge in [-0.1, -0.05) is 31.2 Å². The topological polar surface area (TPSA) is 38.0 Å². The Hall–Kier alpha value is -0.860. The van der Waals surface area contributed by atoms with Gasteiger partial charge in [-0.25, -0.2) is 0 Å². The second kappa shape index (κ2) is 6.59. The minimum Gasteiger partial charge on any atom is -0.330 e. The molecule has 1 aromatic carbocycles. The molecule has 0 aliphatic rings. The average Bonchev–Trinajstić information content (AvgIpc) is 2.26. The summed E-state index contributed by atoms with van der Waals surface area (Å²) < 4.78 is 0. The molecule has 1 unspecified atom stereocenters. The molecule has 0 aromatic heterocycles. The first-order valence-electron chi connectivity index (χ1n) is 5.69. The van der Waals surface area contributed by atoms with Crippen LogP contribution >= 0.6 is 0 Å². The van der Waals surface area contributed by atoms with E-state index in [1.54, 1.807) is 0 Å². The van der Waals surface area contributed by atoms with E-state index in [2.05, 4.69) is 43.4 Å². The Morgan fingerprint density at radius 2 is 2.07 bits per heavy atom. The number of nitrogens with one attached hydrogen (secondary N) is 1. The maximum absolute atomic E-state index is 5.55. The Morgan fingerprint density at radius 3 is 2.73 bits per heavy atom. The summed E-state index contributed by atoms with van der Waals surface area (Å²) in [7, 11) is 0. The molecule has 15 heavy (non-hydrogen) atoms. The molecule has 0 saturated heterocycles. The highest BCUT2D eigenvalue weighted by molar-refractivity contribution is 5.25. The number of aryl methyl sites for hydroxylation is 1. The molecule has 0 saturated carbocycles. The van der Waals surface area contributed by atoms with Crippen molar-refractivity contribution < 1.29 is 0 Å². The zero-order chi connectivity index (χ0) is 11.1. The van der Waals surface area contributed by atoms with Crippen LogP contribution in [0, 0.1) is 12.8 Å². The van der Waals surface area contributed by atoms with E-state index in [1.807, 2.05) is 0 Å². The maximum Gasteiger partial charge on any atom is -0.000813 e. The van der Waals surface area contributed by atoms with Gasteiger partial charge in [-0.2, -0.15) is 0 Å². The molecule has 84 valence electrons. The first kappa shape index (κ1) is 12.2. The van der Waals surface area contributed by atoms with Gasteiger partial charge in [-0.3, -0.25) is 0 Å². The normalized spacial score (nSPS) is 12.7. The number of hydrogen-bond acceptors (Lipinski definition) is 2. The molecule has 0 aliphatic carbocycles. The molecule has 0 amide bonds. The lowest BCUT2D eigenvalue weighted by Crippen LogP contribution is -2.27. The predicted octanol–water partition coefficient (Wildman–Crippen LogP) is 1.72. The van der Waals surface area contributed by atoms with Crippen LogP contribution in [-0.2, 0) is 6.42 Å². The SMILES string of the molecule is Cc1ccccc1CCNCC(C)CN. The third kappa shape index (κ3) is 4.45. The van der Waals surface area contributed by atoms with Gasteiger partial charge in [0.05, 0.1) is 0 Å². The number of nitrogens with two attached hydrogens (primary N) is 1. The lowest BCUT2D eigenvalue weighted by atomic mass is 10.1. The van der Waals surface area contributed by atoms with Crippen molar-refractivity contribution in [3.63, 3.8) is 0 Å². The molecule has 2 nitrogen and oxygen atoms in total. The number of hydrogen-bond donors (Lipinski definition) is 2. The van der Waals surface area contributed by atoms with E-state index in [1.165, 1.54) is 11.1 Å². The zero-order valence-electron chi connectivity index (χ0n) is 9.79. The van der Waals surface area contributed by atoms with Gasteiger partial charge < -0.3 is 11.1 Å². The van der Waals surface area contributed by atoms with Crippen LogP contribution in [-0.4, -0.2) is 19.6 Å². The molecule has 1 atom stereocenters. The van der Waals surface area contributed by atoms with E-state index < -0.39 is 0 Å². The fourth-order valence-electron chi connectivity index (χ4n) is 1.55. The summed E-state index contributed by atoms with van der Waals surface area (Å²) in [4.78, 5) is 0. The van der Waals surface area contributed by atoms with Crippen LogP contribution < -0.4 is 11.1 Å². The van der Waals surface area contributed by atoms with Gasteiger partial charge in [0.2, 0.25) is 0 Å². The standard InChI is InChI=1S/C13H22N2/c1-11(9-14)10-15-8-7-13-6-4-3-5-12(13)2/h3-6,11,15H,7-10,14H2,1-2H3. The molecule has 0 bridgehead atoms. The Kier molecular flexibility index (Phi) is 5.37. The largest absolute Gasteiger partial charge is 0.330 e. The molecule has 0 radical (unpaired) electrons. The van der Waals surface area contributed by atoms with E-state index in [-0.39, 0.29) is 0 Å². The predicted molar refractivity (Wildman–Crippen MR) is 66.0 cm³/mol. The summed E-state index contributed by atoms with van der Waals surface area (Å²) in [6, 6.07) is 8.55. The third-order valence-corrected chi connectivity index (χ3v) is 2.73. The van der Waals surface area contributed by atoms with E-state index in [0.29, 0.717) is 5.92 Å². The first-order valence-corrected chi connectivity index (χ1v) is 5.69. The fourth-order valence-corrected chi connectivity index (χ4v) is 1.55. The second-order valence-electron chi connectivity index (χ2n) is 4.22. The molecule has 1 aromatic rings. The Balaban J connectivity index is 2.23. The highest BCUT2D eigenvalue weighted by Crippen LogP contribution is 2.06. The minimum absolute atomic E-state index is 0.571. The van der Waals surface area contributed by atoms with E-state index >= 15 is 0 Å². The Bertz CT molecular complexity index is 284. The van der Waals surface area contributed by atoms with Gasteiger partial charge >= 0.3 is 0 Å². The maximum atomic E-state index is 5.55. The van der Waals surface area contributed by atoms with Crippen LogP contribution in [0.25, 0.3) is 0 Å². The summed E-state index contributed by atoms with van der Waals surface area (Å²) in [5, 5.41) is 3.43. The van der Waals surface area contributed by atoms with E-state index in [9.17, 15) is 0 Å². The van der Waals surface area contributed by atoms with Crippen LogP contribution in [0.2, 0.25) is 0 Å². The average molecular weight is 206 g/mol. The smallest absolute Gasteiger partial charge is 0.000813 e. The number of benzene rings is 1. The molecule has 2 heteroatoms. The fraction of sp³-hybridized carbons (Fsp3) is 0.538. The molecule has 0 fully saturated rings. The van der Waals surface area contributed by atoms with Gasteiger partial charge in [0.1, 0.15) is 0 Å². The van der Waals surface area contributed by atoms with Crippen LogP contribution in [0.4, 0.5) is 0 Å². The van der Waals surface area contributed by atoms with Gasteiger partial charge in [-0.15, -0.1) is 0 Å². The molecule has 1 rings (SSSR count). The van der Waals surface area contributed by atoms with Crippen molar-refractivity contribution in [3.05, 3.63) is 35.4 Å². The van der Waals surface area contributed by atoms with Crippen molar-refractivity contribution in [3.8, 4) is 0 Å². The number of rotatable bonds is 6. The molecule has 3 N–H and O–H groups in total. The highest BCUT2D eigenvalue weighted by Gasteiger charge is 1.99. The highest BCUT2D eigenvalue weighted by atomic mass is 14.9. The Labute approximate surface area is 92.9 Å². The van der Waals surface area contributed by atoms with Crippen LogP contribution in [0.5, 0.6) is 0 Å². The summed E-state index contributed by atoms with van der Waals surface area (Å²) >= 11 is 0. The molecule has 0 heterocycles. The van der Waals surface area contributed by atoms with E-state index in [0.717, 1.165) is 26.1 Å². The molecular formula is C13H22N2. The quantitative estimate of drug-likeness (QED) is 0.696. The van der Waals surface area contributed by atoms with Crippen LogP contribution in [0.3, 0.4) is 0 Å². The van der Waals surface area contributed by atoms with Crippen molar-refractivity contribution in [1.82, 2.24) is 5.32 Å². The zero-order valence-corrected chi connectivity index (χ0v) is 9.79.